The van der Waals surface area contributed by atoms with Gasteiger partial charge in [-0.15, -0.1) is 11.8 Å². The topological polar surface area (TPSA) is 64.7 Å². The first-order valence-electron chi connectivity index (χ1n) is 6.83. The Morgan fingerprint density at radius 2 is 2.33 bits per heavy atom. The third-order valence-electron chi connectivity index (χ3n) is 3.41. The van der Waals surface area contributed by atoms with Gasteiger partial charge in [-0.2, -0.15) is 0 Å². The van der Waals surface area contributed by atoms with Crippen LogP contribution in [0.3, 0.4) is 0 Å². The molecular weight excluding hydrogens is 280 g/mol. The zero-order valence-electron chi connectivity index (χ0n) is 11.8. The highest BCUT2D eigenvalue weighted by Gasteiger charge is 2.20. The van der Waals surface area contributed by atoms with Crippen LogP contribution >= 0.6 is 11.8 Å². The smallest absolute Gasteiger partial charge is 0.141 e. The van der Waals surface area contributed by atoms with Crippen LogP contribution in [0.4, 0.5) is 5.82 Å². The quantitative estimate of drug-likeness (QED) is 0.940. The zero-order valence-corrected chi connectivity index (χ0v) is 12.6. The van der Waals surface area contributed by atoms with Crippen molar-refractivity contribution >= 4 is 28.7 Å². The molecular formula is C16H16N4S. The Bertz CT molecular complexity index is 707. The maximum atomic E-state index is 5.88. The number of hydrogen-bond acceptors (Lipinski definition) is 5. The number of fused-ring (bicyclic) bond motifs is 1. The van der Waals surface area contributed by atoms with E-state index in [1.807, 2.05) is 12.3 Å². The lowest BCUT2D eigenvalue weighted by molar-refractivity contribution is 1.09. The molecule has 0 unspecified atom stereocenters. The van der Waals surface area contributed by atoms with Gasteiger partial charge >= 0.3 is 0 Å². The van der Waals surface area contributed by atoms with Gasteiger partial charge in [-0.05, 0) is 29.2 Å². The van der Waals surface area contributed by atoms with Gasteiger partial charge in [0.15, 0.2) is 0 Å². The summed E-state index contributed by atoms with van der Waals surface area (Å²) >= 11 is 1.70. The fourth-order valence-electron chi connectivity index (χ4n) is 2.28. The van der Waals surface area contributed by atoms with Gasteiger partial charge in [0.25, 0.3) is 0 Å². The van der Waals surface area contributed by atoms with E-state index in [0.29, 0.717) is 5.82 Å². The van der Waals surface area contributed by atoms with Crippen LogP contribution < -0.4 is 5.73 Å². The molecule has 3 heterocycles. The Balaban J connectivity index is 1.94. The molecule has 0 atom stereocenters. The van der Waals surface area contributed by atoms with Crippen LogP contribution in [0.25, 0.3) is 11.1 Å². The van der Waals surface area contributed by atoms with Crippen molar-refractivity contribution in [3.8, 4) is 0 Å². The van der Waals surface area contributed by atoms with Gasteiger partial charge in [-0.1, -0.05) is 25.1 Å². The van der Waals surface area contributed by atoms with E-state index < -0.39 is 0 Å². The first-order chi connectivity index (χ1) is 10.3. The van der Waals surface area contributed by atoms with E-state index >= 15 is 0 Å². The number of thioether (sulfide) groups is 1. The predicted octanol–water partition coefficient (Wildman–Crippen LogP) is 3.44. The number of nitrogens with two attached hydrogens (primary N) is 1. The molecule has 0 aromatic carbocycles. The van der Waals surface area contributed by atoms with Gasteiger partial charge in [0.05, 0.1) is 10.6 Å². The average molecular weight is 296 g/mol. The molecule has 0 bridgehead atoms. The van der Waals surface area contributed by atoms with Gasteiger partial charge < -0.3 is 5.73 Å². The number of allylic oxidation sites excluding steroid dienone is 3. The number of aromatic nitrogens is 3. The first-order valence-corrected chi connectivity index (χ1v) is 7.82. The van der Waals surface area contributed by atoms with E-state index in [0.717, 1.165) is 28.3 Å². The highest BCUT2D eigenvalue weighted by atomic mass is 32.2. The largest absolute Gasteiger partial charge is 0.383 e. The van der Waals surface area contributed by atoms with Gasteiger partial charge in [0.1, 0.15) is 12.1 Å². The zero-order chi connectivity index (χ0) is 14.7. The minimum Gasteiger partial charge on any atom is -0.383 e. The molecule has 0 saturated heterocycles. The van der Waals surface area contributed by atoms with Crippen molar-refractivity contribution < 1.29 is 0 Å². The van der Waals surface area contributed by atoms with Crippen molar-refractivity contribution in [3.63, 3.8) is 0 Å². The second-order valence-corrected chi connectivity index (χ2v) is 5.69. The predicted molar refractivity (Wildman–Crippen MR) is 87.7 cm³/mol. The molecule has 0 spiro atoms. The van der Waals surface area contributed by atoms with Crippen LogP contribution in [0, 0.1) is 0 Å². The number of nitrogens with zero attached hydrogens (tertiary/aromatic N) is 3. The van der Waals surface area contributed by atoms with E-state index in [1.165, 1.54) is 17.5 Å². The summed E-state index contributed by atoms with van der Waals surface area (Å²) in [5.74, 6) is 1.46. The molecule has 106 valence electrons. The monoisotopic (exact) mass is 296 g/mol. The summed E-state index contributed by atoms with van der Waals surface area (Å²) in [6.07, 6.45) is 10.5. The summed E-state index contributed by atoms with van der Waals surface area (Å²) in [6, 6.07) is 4.04. The third-order valence-corrected chi connectivity index (χ3v) is 4.55. The highest BCUT2D eigenvalue weighted by Crippen LogP contribution is 2.40. The van der Waals surface area contributed by atoms with Gasteiger partial charge in [0, 0.05) is 18.1 Å². The van der Waals surface area contributed by atoms with E-state index in [9.17, 15) is 0 Å². The lowest BCUT2D eigenvalue weighted by Gasteiger charge is -2.03. The molecule has 1 aliphatic rings. The first kappa shape index (κ1) is 13.8. The fourth-order valence-corrected chi connectivity index (χ4v) is 3.33. The number of anilines is 1. The van der Waals surface area contributed by atoms with Crippen molar-refractivity contribution in [1.82, 2.24) is 15.0 Å². The van der Waals surface area contributed by atoms with Crippen molar-refractivity contribution in [2.24, 2.45) is 0 Å². The van der Waals surface area contributed by atoms with E-state index in [1.54, 1.807) is 18.0 Å². The number of hydrogen-bond donors (Lipinski definition) is 1. The number of nitrogen functional groups attached to an aromatic ring is 1. The van der Waals surface area contributed by atoms with Crippen molar-refractivity contribution in [2.45, 2.75) is 18.2 Å². The Hall–Kier alpha value is -2.14. The molecule has 3 rings (SSSR count). The Kier molecular flexibility index (Phi) is 4.01. The van der Waals surface area contributed by atoms with Crippen molar-refractivity contribution in [2.75, 3.05) is 11.5 Å². The normalized spacial score (nSPS) is 16.2. The van der Waals surface area contributed by atoms with Crippen LogP contribution in [0.15, 0.2) is 47.9 Å². The van der Waals surface area contributed by atoms with Crippen molar-refractivity contribution in [3.05, 3.63) is 54.3 Å². The highest BCUT2D eigenvalue weighted by molar-refractivity contribution is 8.00. The molecule has 0 amide bonds. The summed E-state index contributed by atoms with van der Waals surface area (Å²) in [5, 5.41) is 0. The van der Waals surface area contributed by atoms with Crippen LogP contribution in [-0.4, -0.2) is 20.7 Å². The van der Waals surface area contributed by atoms with E-state index in [4.69, 9.17) is 5.73 Å². The Morgan fingerprint density at radius 1 is 1.43 bits per heavy atom. The van der Waals surface area contributed by atoms with Crippen LogP contribution in [-0.2, 0) is 0 Å². The molecule has 0 aliphatic carbocycles. The van der Waals surface area contributed by atoms with Crippen molar-refractivity contribution in [1.29, 1.82) is 0 Å². The lowest BCUT2D eigenvalue weighted by Crippen LogP contribution is -1.95. The summed E-state index contributed by atoms with van der Waals surface area (Å²) < 4.78 is 0. The third kappa shape index (κ3) is 2.83. The molecule has 4 nitrogen and oxygen atoms in total. The molecule has 2 aromatic heterocycles. The standard InChI is InChI=1S/C16H16N4S/c1-2-11(12-4-3-7-18-8-12)5-6-13-9-21-15-14(13)19-10-20-16(15)17/h3-8,10H,2,9H2,1H3,(H2,17,19,20). The van der Waals surface area contributed by atoms with Gasteiger partial charge in [-0.25, -0.2) is 9.97 Å². The molecule has 21 heavy (non-hydrogen) atoms. The average Bonchev–Trinajstić information content (AvgIpc) is 2.94. The fraction of sp³-hybridized carbons (Fsp3) is 0.188. The van der Waals surface area contributed by atoms with Crippen LogP contribution in [0.1, 0.15) is 24.6 Å². The van der Waals surface area contributed by atoms with Gasteiger partial charge in [0.2, 0.25) is 0 Å². The minimum absolute atomic E-state index is 0.570. The summed E-state index contributed by atoms with van der Waals surface area (Å²) in [6.45, 7) is 2.15. The Morgan fingerprint density at radius 3 is 3.10 bits per heavy atom. The number of pyridine rings is 1. The molecule has 0 radical (unpaired) electrons. The second-order valence-electron chi connectivity index (χ2n) is 4.70. The molecule has 0 saturated carbocycles. The number of rotatable bonds is 3. The second kappa shape index (κ2) is 6.10. The van der Waals surface area contributed by atoms with Crippen LogP contribution in [0.5, 0.6) is 0 Å². The summed E-state index contributed by atoms with van der Waals surface area (Å²) in [4.78, 5) is 13.6. The maximum Gasteiger partial charge on any atom is 0.141 e. The molecule has 5 heteroatoms. The summed E-state index contributed by atoms with van der Waals surface area (Å²) in [5.41, 5.74) is 10.5. The molecule has 1 aliphatic heterocycles. The lowest BCUT2D eigenvalue weighted by atomic mass is 10.0. The SMILES string of the molecule is CCC(=CC=C1CSc2c(N)ncnc21)c1cccnc1. The van der Waals surface area contributed by atoms with Gasteiger partial charge in [-0.3, -0.25) is 4.98 Å². The van der Waals surface area contributed by atoms with Crippen LogP contribution in [0.2, 0.25) is 0 Å². The minimum atomic E-state index is 0.570. The maximum absolute atomic E-state index is 5.88. The van der Waals surface area contributed by atoms with E-state index in [2.05, 4.69) is 40.1 Å². The molecule has 0 fully saturated rings. The van der Waals surface area contributed by atoms with E-state index in [-0.39, 0.29) is 0 Å². The molecule has 2 aromatic rings. The summed E-state index contributed by atoms with van der Waals surface area (Å²) in [7, 11) is 0. The Labute approximate surface area is 128 Å². The molecule has 2 N–H and O–H groups in total.